The van der Waals surface area contributed by atoms with Crippen molar-refractivity contribution in [3.63, 3.8) is 0 Å². The van der Waals surface area contributed by atoms with Crippen LogP contribution in [0.1, 0.15) is 108 Å². The maximum atomic E-state index is 12.1. The number of carbonyl (C=O) groups excluding carboxylic acids is 2. The van der Waals surface area contributed by atoms with Crippen LogP contribution in [0.25, 0.3) is 0 Å². The lowest BCUT2D eigenvalue weighted by Crippen LogP contribution is -2.31. The molecule has 0 amide bonds. The average Bonchev–Trinajstić information content (AvgIpc) is 2.69. The predicted octanol–water partition coefficient (Wildman–Crippen LogP) is 6.08. The van der Waals surface area contributed by atoms with Gasteiger partial charge in [0.2, 0.25) is 0 Å². The normalized spacial score (nSPS) is 14.6. The molecule has 0 saturated heterocycles. The first kappa shape index (κ1) is 33.9. The Hall–Kier alpha value is -1.14. The van der Waals surface area contributed by atoms with Gasteiger partial charge in [0.25, 0.3) is 0 Å². The zero-order valence-electron chi connectivity index (χ0n) is 25.1. The van der Waals surface area contributed by atoms with E-state index in [1.807, 2.05) is 7.05 Å². The molecule has 0 aliphatic carbocycles. The number of carbonyl (C=O) groups is 2. The van der Waals surface area contributed by atoms with Crippen molar-refractivity contribution < 1.29 is 19.1 Å². The van der Waals surface area contributed by atoms with Gasteiger partial charge in [-0.3, -0.25) is 9.59 Å². The monoisotopic (exact) mass is 498 g/mol. The van der Waals surface area contributed by atoms with E-state index in [0.717, 1.165) is 38.8 Å². The summed E-state index contributed by atoms with van der Waals surface area (Å²) in [5.74, 6) is -0.260. The molecule has 0 aliphatic heterocycles. The molecule has 208 valence electrons. The second kappa shape index (κ2) is 15.2. The molecule has 0 bridgehead atoms. The molecule has 6 nitrogen and oxygen atoms in total. The number of nitrogens with zero attached hydrogens (tertiary/aromatic N) is 1. The fraction of sp³-hybridized carbons (Fsp3) is 0.931. The van der Waals surface area contributed by atoms with Crippen molar-refractivity contribution in [2.24, 2.45) is 21.7 Å². The molecule has 0 heterocycles. The van der Waals surface area contributed by atoms with Gasteiger partial charge in [-0.1, -0.05) is 69.2 Å². The lowest BCUT2D eigenvalue weighted by atomic mass is 9.74. The molecule has 0 aromatic rings. The summed E-state index contributed by atoms with van der Waals surface area (Å²) in [5, 5.41) is 3.32. The van der Waals surface area contributed by atoms with Gasteiger partial charge in [-0.25, -0.2) is 0 Å². The summed E-state index contributed by atoms with van der Waals surface area (Å²) in [4.78, 5) is 26.4. The molecule has 1 N–H and O–H groups in total. The fourth-order valence-electron chi connectivity index (χ4n) is 4.90. The van der Waals surface area contributed by atoms with Crippen LogP contribution < -0.4 is 5.32 Å². The third-order valence-electron chi connectivity index (χ3n) is 6.12. The van der Waals surface area contributed by atoms with Crippen LogP contribution in [0.2, 0.25) is 0 Å². The summed E-state index contributed by atoms with van der Waals surface area (Å²) >= 11 is 0. The molecule has 0 saturated carbocycles. The number of hydrogen-bond acceptors (Lipinski definition) is 6. The van der Waals surface area contributed by atoms with E-state index in [4.69, 9.17) is 9.47 Å². The Balaban J connectivity index is 3.94. The standard InChI is InChI=1S/C29H58N2O4/c1-12-29(10,21-27(5,6)7)23-35-24(32)14-17-30-16-13-18-31(11)19-15-25(33)34-22-28(8,9)20-26(2,3)4/h30H,12-23H2,1-11H3. The molecular formula is C29H58N2O4. The second-order valence-corrected chi connectivity index (χ2v) is 14.0. The zero-order valence-corrected chi connectivity index (χ0v) is 25.1. The molecule has 0 aromatic heterocycles. The highest BCUT2D eigenvalue weighted by Gasteiger charge is 2.30. The minimum Gasteiger partial charge on any atom is -0.465 e. The van der Waals surface area contributed by atoms with Crippen LogP contribution >= 0.6 is 0 Å². The van der Waals surface area contributed by atoms with Crippen molar-refractivity contribution in [3.8, 4) is 0 Å². The Morgan fingerprint density at radius 1 is 0.743 bits per heavy atom. The second-order valence-electron chi connectivity index (χ2n) is 14.0. The highest BCUT2D eigenvalue weighted by atomic mass is 16.5. The van der Waals surface area contributed by atoms with Gasteiger partial charge in [0, 0.05) is 18.5 Å². The topological polar surface area (TPSA) is 67.9 Å². The lowest BCUT2D eigenvalue weighted by molar-refractivity contribution is -0.148. The molecule has 0 aromatic carbocycles. The third kappa shape index (κ3) is 19.7. The van der Waals surface area contributed by atoms with E-state index >= 15 is 0 Å². The molecular weight excluding hydrogens is 440 g/mol. The summed E-state index contributed by atoms with van der Waals surface area (Å²) < 4.78 is 11.1. The van der Waals surface area contributed by atoms with Crippen LogP contribution in [0.15, 0.2) is 0 Å². The van der Waals surface area contributed by atoms with E-state index in [-0.39, 0.29) is 33.6 Å². The maximum Gasteiger partial charge on any atom is 0.307 e. The van der Waals surface area contributed by atoms with Gasteiger partial charge < -0.3 is 19.7 Å². The average molecular weight is 499 g/mol. The Bertz CT molecular complexity index is 619. The molecule has 0 rings (SSSR count). The zero-order chi connectivity index (χ0) is 27.3. The first-order valence-electron chi connectivity index (χ1n) is 13.6. The molecule has 0 radical (unpaired) electrons. The SMILES string of the molecule is CCC(C)(COC(=O)CCNCCCN(C)CCC(=O)OCC(C)(C)CC(C)(C)C)CC(C)(C)C. The van der Waals surface area contributed by atoms with Crippen LogP contribution in [0.3, 0.4) is 0 Å². The summed E-state index contributed by atoms with van der Waals surface area (Å²) in [5.41, 5.74) is 0.448. The van der Waals surface area contributed by atoms with Gasteiger partial charge >= 0.3 is 11.9 Å². The van der Waals surface area contributed by atoms with Gasteiger partial charge in [-0.2, -0.15) is 0 Å². The van der Waals surface area contributed by atoms with E-state index in [0.29, 0.717) is 39.1 Å². The number of rotatable bonds is 17. The largest absolute Gasteiger partial charge is 0.465 e. The first-order valence-corrected chi connectivity index (χ1v) is 13.6. The van der Waals surface area contributed by atoms with Crippen molar-refractivity contribution >= 4 is 11.9 Å². The summed E-state index contributed by atoms with van der Waals surface area (Å²) in [6.07, 6.45) is 4.79. The number of hydrogen-bond donors (Lipinski definition) is 1. The Morgan fingerprint density at radius 3 is 1.83 bits per heavy atom. The Labute approximate surface area is 217 Å². The number of nitrogens with one attached hydrogen (secondary N) is 1. The van der Waals surface area contributed by atoms with Crippen molar-refractivity contribution in [3.05, 3.63) is 0 Å². The van der Waals surface area contributed by atoms with Gasteiger partial charge in [-0.15, -0.1) is 0 Å². The maximum absolute atomic E-state index is 12.1. The van der Waals surface area contributed by atoms with E-state index in [9.17, 15) is 9.59 Å². The van der Waals surface area contributed by atoms with E-state index in [1.165, 1.54) is 0 Å². The van der Waals surface area contributed by atoms with Crippen molar-refractivity contribution in [2.45, 2.75) is 108 Å². The Kier molecular flexibility index (Phi) is 14.7. The minimum absolute atomic E-state index is 0.0139. The molecule has 6 heteroatoms. The summed E-state index contributed by atoms with van der Waals surface area (Å²) in [6.45, 7) is 26.0. The van der Waals surface area contributed by atoms with Gasteiger partial charge in [0.15, 0.2) is 0 Å². The molecule has 0 aliphatic rings. The molecule has 35 heavy (non-hydrogen) atoms. The molecule has 1 unspecified atom stereocenters. The van der Waals surface area contributed by atoms with Crippen molar-refractivity contribution in [1.82, 2.24) is 10.2 Å². The molecule has 1 atom stereocenters. The third-order valence-corrected chi connectivity index (χ3v) is 6.12. The first-order chi connectivity index (χ1) is 15.9. The van der Waals surface area contributed by atoms with Gasteiger partial charge in [0.05, 0.1) is 26.1 Å². The smallest absolute Gasteiger partial charge is 0.307 e. The van der Waals surface area contributed by atoms with Crippen LogP contribution in [0.4, 0.5) is 0 Å². The van der Waals surface area contributed by atoms with Crippen LogP contribution in [0.5, 0.6) is 0 Å². The highest BCUT2D eigenvalue weighted by Crippen LogP contribution is 2.36. The quantitative estimate of drug-likeness (QED) is 0.194. The van der Waals surface area contributed by atoms with Gasteiger partial charge in [0.1, 0.15) is 0 Å². The van der Waals surface area contributed by atoms with E-state index in [1.54, 1.807) is 0 Å². The predicted molar refractivity (Wildman–Crippen MR) is 146 cm³/mol. The highest BCUT2D eigenvalue weighted by molar-refractivity contribution is 5.69. The van der Waals surface area contributed by atoms with Crippen LogP contribution in [-0.4, -0.2) is 63.3 Å². The lowest BCUT2D eigenvalue weighted by Gasteiger charge is -2.34. The summed E-state index contributed by atoms with van der Waals surface area (Å²) in [7, 11) is 2.02. The van der Waals surface area contributed by atoms with Gasteiger partial charge in [-0.05, 0) is 62.1 Å². The van der Waals surface area contributed by atoms with E-state index in [2.05, 4.69) is 79.5 Å². The van der Waals surface area contributed by atoms with Crippen LogP contribution in [0, 0.1) is 21.7 Å². The van der Waals surface area contributed by atoms with Crippen molar-refractivity contribution in [1.29, 1.82) is 0 Å². The summed E-state index contributed by atoms with van der Waals surface area (Å²) in [6, 6.07) is 0. The number of ether oxygens (including phenoxy) is 2. The van der Waals surface area contributed by atoms with Crippen molar-refractivity contribution in [2.75, 3.05) is 46.4 Å². The van der Waals surface area contributed by atoms with E-state index < -0.39 is 0 Å². The Morgan fingerprint density at radius 2 is 1.29 bits per heavy atom. The molecule has 0 spiro atoms. The molecule has 0 fully saturated rings. The van der Waals surface area contributed by atoms with Crippen LogP contribution in [-0.2, 0) is 19.1 Å². The minimum atomic E-state index is -0.132. The number of esters is 2. The fourth-order valence-corrected chi connectivity index (χ4v) is 4.90.